The first kappa shape index (κ1) is 69.3. The minimum Gasteiger partial charge on any atom is -0.462 e. The van der Waals surface area contributed by atoms with Crippen LogP contribution < -0.4 is 0 Å². The molecule has 74 heavy (non-hydrogen) atoms. The summed E-state index contributed by atoms with van der Waals surface area (Å²) < 4.78 is 16.8. The molecule has 0 aromatic carbocycles. The van der Waals surface area contributed by atoms with Gasteiger partial charge in [0.05, 0.1) is 0 Å². The highest BCUT2D eigenvalue weighted by Gasteiger charge is 2.19. The predicted octanol–water partition coefficient (Wildman–Crippen LogP) is 20.4. The molecule has 1 atom stereocenters. The summed E-state index contributed by atoms with van der Waals surface area (Å²) in [6.45, 7) is 6.30. The van der Waals surface area contributed by atoms with Crippen LogP contribution in [0.15, 0.2) is 146 Å². The van der Waals surface area contributed by atoms with E-state index in [1.54, 1.807) is 0 Å². The number of carbonyl (C=O) groups is 3. The van der Waals surface area contributed by atoms with Crippen LogP contribution in [0.1, 0.15) is 245 Å². The van der Waals surface area contributed by atoms with Gasteiger partial charge in [0.1, 0.15) is 13.2 Å². The van der Waals surface area contributed by atoms with Gasteiger partial charge in [0.25, 0.3) is 0 Å². The third kappa shape index (κ3) is 58.2. The number of unbranched alkanes of at least 4 members (excludes halogenated alkanes) is 17. The van der Waals surface area contributed by atoms with Crippen LogP contribution in [0.5, 0.6) is 0 Å². The van der Waals surface area contributed by atoms with Crippen molar-refractivity contribution in [3.63, 3.8) is 0 Å². The summed E-state index contributed by atoms with van der Waals surface area (Å²) in [5.74, 6) is -1.02. The Kier molecular flexibility index (Phi) is 57.0. The molecule has 0 saturated carbocycles. The molecule has 0 fully saturated rings. The fraction of sp³-hybridized carbons (Fsp3) is 0.603. The molecule has 0 aromatic rings. The highest BCUT2D eigenvalue weighted by Crippen LogP contribution is 2.14. The van der Waals surface area contributed by atoms with Gasteiger partial charge < -0.3 is 14.2 Å². The van der Waals surface area contributed by atoms with Crippen LogP contribution in [0.25, 0.3) is 0 Å². The van der Waals surface area contributed by atoms with Crippen molar-refractivity contribution < 1.29 is 28.6 Å². The first-order valence-electron chi connectivity index (χ1n) is 29.8. The van der Waals surface area contributed by atoms with Gasteiger partial charge >= 0.3 is 17.9 Å². The molecule has 0 rings (SSSR count). The number of allylic oxidation sites excluding steroid dienone is 24. The number of ether oxygens (including phenoxy) is 3. The van der Waals surface area contributed by atoms with Gasteiger partial charge in [-0.1, -0.05) is 244 Å². The smallest absolute Gasteiger partial charge is 0.306 e. The SMILES string of the molecule is CC/C=C\C/C=C\C/C=C\C/C=C\C/C=C\C/C=C\CCC(=O)OC(COC(=O)CCCCCCC/C=C\CCCCC)COC(=O)CCCCCCCCCCC/C=C\C/C=C\C/C=C\C/C=C\C/C=C\CC. The zero-order valence-electron chi connectivity index (χ0n) is 47.5. The summed E-state index contributed by atoms with van der Waals surface area (Å²) in [5, 5.41) is 0. The van der Waals surface area contributed by atoms with Crippen LogP contribution in [0.2, 0.25) is 0 Å². The third-order valence-electron chi connectivity index (χ3n) is 12.1. The van der Waals surface area contributed by atoms with Crippen molar-refractivity contribution in [1.29, 1.82) is 0 Å². The standard InChI is InChI=1S/C68H108O6/c1-4-7-10-13-16-19-22-25-27-29-31-32-33-34-35-36-38-39-41-43-46-49-52-55-58-61-67(70)73-64-65(63-72-66(69)60-57-54-51-48-45-24-21-18-15-12-9-6-3)74-68(71)62-59-56-53-50-47-44-42-40-37-30-28-26-23-20-17-14-11-8-5-2/h7-8,10-11,16-21,25-28,31-32,34-35,37,40,44,47,53,56,65H,4-6,9,12-15,22-24,29-30,33,36,38-39,41-43,45-46,48-52,54-55,57-64H2,1-3H3/b10-7-,11-8-,19-16-,20-17-,21-18-,27-25-,28-26-,32-31-,35-34-,40-37-,47-44-,56-53-. The lowest BCUT2D eigenvalue weighted by atomic mass is 10.1. The van der Waals surface area contributed by atoms with Crippen LogP contribution >= 0.6 is 0 Å². The monoisotopic (exact) mass is 1020 g/mol. The molecule has 0 amide bonds. The van der Waals surface area contributed by atoms with Gasteiger partial charge in [-0.15, -0.1) is 0 Å². The fourth-order valence-electron chi connectivity index (χ4n) is 7.67. The van der Waals surface area contributed by atoms with E-state index in [9.17, 15) is 14.4 Å². The summed E-state index contributed by atoms with van der Waals surface area (Å²) in [7, 11) is 0. The van der Waals surface area contributed by atoms with Crippen molar-refractivity contribution >= 4 is 17.9 Å². The van der Waals surface area contributed by atoms with Crippen LogP contribution in [-0.2, 0) is 28.6 Å². The van der Waals surface area contributed by atoms with Crippen LogP contribution in [-0.4, -0.2) is 37.2 Å². The number of rotatable bonds is 52. The lowest BCUT2D eigenvalue weighted by Gasteiger charge is -2.18. The predicted molar refractivity (Wildman–Crippen MR) is 320 cm³/mol. The lowest BCUT2D eigenvalue weighted by Crippen LogP contribution is -2.30. The molecule has 0 aliphatic heterocycles. The van der Waals surface area contributed by atoms with Gasteiger partial charge in [0.15, 0.2) is 6.10 Å². The van der Waals surface area contributed by atoms with E-state index in [0.29, 0.717) is 19.3 Å². The normalized spacial score (nSPS) is 13.2. The van der Waals surface area contributed by atoms with E-state index >= 15 is 0 Å². The summed E-state index contributed by atoms with van der Waals surface area (Å²) in [4.78, 5) is 38.2. The minimum absolute atomic E-state index is 0.119. The van der Waals surface area contributed by atoms with Gasteiger partial charge in [-0.25, -0.2) is 0 Å². The largest absolute Gasteiger partial charge is 0.462 e. The first-order chi connectivity index (χ1) is 36.5. The molecule has 1 unspecified atom stereocenters. The number of hydrogen-bond acceptors (Lipinski definition) is 6. The summed E-state index contributed by atoms with van der Waals surface area (Å²) in [5.41, 5.74) is 0. The molecule has 0 spiro atoms. The van der Waals surface area contributed by atoms with Gasteiger partial charge in [-0.3, -0.25) is 14.4 Å². The third-order valence-corrected chi connectivity index (χ3v) is 12.1. The molecule has 0 N–H and O–H groups in total. The van der Waals surface area contributed by atoms with E-state index in [4.69, 9.17) is 14.2 Å². The molecule has 0 radical (unpaired) electrons. The maximum absolute atomic E-state index is 12.8. The van der Waals surface area contributed by atoms with Crippen molar-refractivity contribution in [2.24, 2.45) is 0 Å². The zero-order chi connectivity index (χ0) is 53.6. The van der Waals surface area contributed by atoms with Gasteiger partial charge in [-0.2, -0.15) is 0 Å². The summed E-state index contributed by atoms with van der Waals surface area (Å²) in [6, 6.07) is 0. The maximum Gasteiger partial charge on any atom is 0.306 e. The highest BCUT2D eigenvalue weighted by atomic mass is 16.6. The van der Waals surface area contributed by atoms with Crippen molar-refractivity contribution in [2.75, 3.05) is 13.2 Å². The topological polar surface area (TPSA) is 78.9 Å². The van der Waals surface area contributed by atoms with Crippen molar-refractivity contribution in [2.45, 2.75) is 252 Å². The Bertz CT molecular complexity index is 1640. The second-order valence-electron chi connectivity index (χ2n) is 19.1. The molecule has 416 valence electrons. The molecule has 6 heteroatoms. The quantitative estimate of drug-likeness (QED) is 0.0261. The Morgan fingerprint density at radius 1 is 0.284 bits per heavy atom. The molecule has 0 aliphatic carbocycles. The van der Waals surface area contributed by atoms with Crippen molar-refractivity contribution in [3.05, 3.63) is 146 Å². The van der Waals surface area contributed by atoms with E-state index in [1.165, 1.54) is 70.6 Å². The molecule has 0 aliphatic rings. The Balaban J connectivity index is 4.45. The zero-order valence-corrected chi connectivity index (χ0v) is 47.5. The molecular formula is C68H108O6. The van der Waals surface area contributed by atoms with Crippen molar-refractivity contribution in [1.82, 2.24) is 0 Å². The van der Waals surface area contributed by atoms with E-state index in [-0.39, 0.29) is 31.6 Å². The molecule has 0 saturated heterocycles. The average molecular weight is 1020 g/mol. The van der Waals surface area contributed by atoms with E-state index in [2.05, 4.69) is 154 Å². The highest BCUT2D eigenvalue weighted by molar-refractivity contribution is 5.71. The Hall–Kier alpha value is -4.71. The maximum atomic E-state index is 12.8. The molecule has 0 bridgehead atoms. The molecular weight excluding hydrogens is 913 g/mol. The summed E-state index contributed by atoms with van der Waals surface area (Å²) >= 11 is 0. The lowest BCUT2D eigenvalue weighted by molar-refractivity contribution is -0.166. The van der Waals surface area contributed by atoms with Gasteiger partial charge in [-0.05, 0) is 128 Å². The van der Waals surface area contributed by atoms with E-state index < -0.39 is 12.1 Å². The number of carbonyl (C=O) groups excluding carboxylic acids is 3. The second-order valence-corrected chi connectivity index (χ2v) is 19.1. The van der Waals surface area contributed by atoms with Gasteiger partial charge in [0, 0.05) is 19.3 Å². The Morgan fingerprint density at radius 2 is 0.554 bits per heavy atom. The van der Waals surface area contributed by atoms with Crippen LogP contribution in [0, 0.1) is 0 Å². The summed E-state index contributed by atoms with van der Waals surface area (Å²) in [6.07, 6.45) is 87.1. The van der Waals surface area contributed by atoms with E-state index in [1.807, 2.05) is 12.2 Å². The number of esters is 3. The van der Waals surface area contributed by atoms with Crippen LogP contribution in [0.3, 0.4) is 0 Å². The molecule has 6 nitrogen and oxygen atoms in total. The van der Waals surface area contributed by atoms with Crippen LogP contribution in [0.4, 0.5) is 0 Å². The molecule has 0 aromatic heterocycles. The van der Waals surface area contributed by atoms with E-state index in [0.717, 1.165) is 128 Å². The van der Waals surface area contributed by atoms with Gasteiger partial charge in [0.2, 0.25) is 0 Å². The first-order valence-corrected chi connectivity index (χ1v) is 29.8. The van der Waals surface area contributed by atoms with Crippen molar-refractivity contribution in [3.8, 4) is 0 Å². The Labute approximate surface area is 455 Å². The molecule has 0 heterocycles. The average Bonchev–Trinajstić information content (AvgIpc) is 3.40. The second kappa shape index (κ2) is 60.8. The fourth-order valence-corrected chi connectivity index (χ4v) is 7.67. The Morgan fingerprint density at radius 3 is 0.892 bits per heavy atom. The number of hydrogen-bond donors (Lipinski definition) is 0. The minimum atomic E-state index is -0.831.